The van der Waals surface area contributed by atoms with Crippen molar-refractivity contribution in [3.05, 3.63) is 0 Å². The first-order chi connectivity index (χ1) is 7.10. The Balaban J connectivity index is 2.64. The Bertz CT molecular complexity index is 246. The molecule has 0 saturated heterocycles. The van der Waals surface area contributed by atoms with Crippen LogP contribution in [0.15, 0.2) is 0 Å². The maximum atomic E-state index is 11.2. The van der Waals surface area contributed by atoms with E-state index in [0.29, 0.717) is 12.8 Å². The summed E-state index contributed by atoms with van der Waals surface area (Å²) in [6.07, 6.45) is 3.03. The van der Waals surface area contributed by atoms with Crippen LogP contribution in [0.25, 0.3) is 0 Å². The zero-order valence-corrected chi connectivity index (χ0v) is 8.91. The number of carboxylic acids is 1. The molecule has 0 unspecified atom stereocenters. The molecule has 0 atom stereocenters. The highest BCUT2D eigenvalue weighted by Crippen LogP contribution is 2.28. The van der Waals surface area contributed by atoms with Crippen LogP contribution in [0.3, 0.4) is 0 Å². The van der Waals surface area contributed by atoms with Crippen molar-refractivity contribution in [1.29, 1.82) is 0 Å². The number of rotatable bonds is 3. The summed E-state index contributed by atoms with van der Waals surface area (Å²) in [4.78, 5) is 22.4. The van der Waals surface area contributed by atoms with Gasteiger partial charge in [-0.15, -0.1) is 0 Å². The van der Waals surface area contributed by atoms with E-state index in [2.05, 4.69) is 5.32 Å². The third-order valence-corrected chi connectivity index (χ3v) is 2.73. The second kappa shape index (κ2) is 5.00. The Labute approximate surface area is 88.8 Å². The molecule has 86 valence electrons. The van der Waals surface area contributed by atoms with E-state index in [0.717, 1.165) is 19.3 Å². The van der Waals surface area contributed by atoms with Gasteiger partial charge < -0.3 is 15.2 Å². The van der Waals surface area contributed by atoms with Crippen molar-refractivity contribution in [2.75, 3.05) is 6.61 Å². The van der Waals surface area contributed by atoms with E-state index in [9.17, 15) is 9.59 Å². The molecule has 1 rings (SSSR count). The molecule has 0 aliphatic heterocycles. The van der Waals surface area contributed by atoms with Gasteiger partial charge in [0.25, 0.3) is 0 Å². The monoisotopic (exact) mass is 215 g/mol. The van der Waals surface area contributed by atoms with Gasteiger partial charge in [-0.05, 0) is 19.8 Å². The topological polar surface area (TPSA) is 75.6 Å². The first-order valence-electron chi connectivity index (χ1n) is 5.29. The molecule has 0 aromatic heterocycles. The zero-order valence-electron chi connectivity index (χ0n) is 8.91. The number of aliphatic carboxylic acids is 1. The number of nitrogens with one attached hydrogen (secondary N) is 1. The predicted octanol–water partition coefficient (Wildman–Crippen LogP) is 1.52. The molecule has 5 nitrogen and oxygen atoms in total. The summed E-state index contributed by atoms with van der Waals surface area (Å²) in [6, 6.07) is 0. The van der Waals surface area contributed by atoms with E-state index >= 15 is 0 Å². The van der Waals surface area contributed by atoms with E-state index in [1.165, 1.54) is 0 Å². The highest BCUT2D eigenvalue weighted by atomic mass is 16.5. The lowest BCUT2D eigenvalue weighted by Gasteiger charge is -2.33. The Hall–Kier alpha value is -1.26. The summed E-state index contributed by atoms with van der Waals surface area (Å²) in [6.45, 7) is 1.94. The van der Waals surface area contributed by atoms with E-state index in [1.54, 1.807) is 6.92 Å². The summed E-state index contributed by atoms with van der Waals surface area (Å²) in [5.41, 5.74) is -1.11. The molecule has 1 fully saturated rings. The van der Waals surface area contributed by atoms with Gasteiger partial charge in [0.2, 0.25) is 0 Å². The lowest BCUT2D eigenvalue weighted by atomic mass is 9.82. The fourth-order valence-electron chi connectivity index (χ4n) is 1.91. The third kappa shape index (κ3) is 2.84. The Morgan fingerprint density at radius 1 is 1.33 bits per heavy atom. The summed E-state index contributed by atoms with van der Waals surface area (Å²) in [5, 5.41) is 11.6. The maximum absolute atomic E-state index is 11.2. The zero-order chi connectivity index (χ0) is 11.3. The molecule has 0 aromatic carbocycles. The van der Waals surface area contributed by atoms with Crippen molar-refractivity contribution < 1.29 is 19.4 Å². The molecule has 0 spiro atoms. The lowest BCUT2D eigenvalue weighted by Crippen LogP contribution is -2.55. The maximum Gasteiger partial charge on any atom is 0.408 e. The second-order valence-corrected chi connectivity index (χ2v) is 3.79. The molecule has 1 aliphatic carbocycles. The van der Waals surface area contributed by atoms with Gasteiger partial charge in [0, 0.05) is 0 Å². The minimum absolute atomic E-state index is 0.252. The van der Waals surface area contributed by atoms with Crippen molar-refractivity contribution in [3.63, 3.8) is 0 Å². The Kier molecular flexibility index (Phi) is 3.94. The van der Waals surface area contributed by atoms with Crippen LogP contribution in [0.1, 0.15) is 39.0 Å². The number of ether oxygens (including phenoxy) is 1. The van der Waals surface area contributed by atoms with Gasteiger partial charge in [-0.1, -0.05) is 19.3 Å². The van der Waals surface area contributed by atoms with E-state index in [4.69, 9.17) is 9.84 Å². The van der Waals surface area contributed by atoms with Crippen LogP contribution in [0.2, 0.25) is 0 Å². The Morgan fingerprint density at radius 3 is 2.40 bits per heavy atom. The van der Waals surface area contributed by atoms with Crippen molar-refractivity contribution in [2.45, 2.75) is 44.6 Å². The number of hydrogen-bond acceptors (Lipinski definition) is 3. The van der Waals surface area contributed by atoms with Crippen LogP contribution >= 0.6 is 0 Å². The van der Waals surface area contributed by atoms with Crippen molar-refractivity contribution in [2.24, 2.45) is 0 Å². The number of carbonyl (C=O) groups is 2. The van der Waals surface area contributed by atoms with Gasteiger partial charge >= 0.3 is 12.1 Å². The average molecular weight is 215 g/mol. The smallest absolute Gasteiger partial charge is 0.408 e. The summed E-state index contributed by atoms with van der Waals surface area (Å²) < 4.78 is 4.71. The SMILES string of the molecule is CCOC(=O)NC1(C(=O)O)CCCCC1. The third-order valence-electron chi connectivity index (χ3n) is 2.73. The van der Waals surface area contributed by atoms with Crippen LogP contribution in [0.4, 0.5) is 4.79 Å². The van der Waals surface area contributed by atoms with Crippen LogP contribution in [-0.2, 0) is 9.53 Å². The first kappa shape index (κ1) is 11.8. The number of carboxylic acid groups (broad SMARTS) is 1. The van der Waals surface area contributed by atoms with Crippen molar-refractivity contribution in [3.8, 4) is 0 Å². The van der Waals surface area contributed by atoms with Gasteiger partial charge in [-0.2, -0.15) is 0 Å². The highest BCUT2D eigenvalue weighted by Gasteiger charge is 2.41. The summed E-state index contributed by atoms with van der Waals surface area (Å²) in [7, 11) is 0. The lowest BCUT2D eigenvalue weighted by molar-refractivity contribution is -0.146. The highest BCUT2D eigenvalue weighted by molar-refractivity contribution is 5.84. The van der Waals surface area contributed by atoms with Gasteiger partial charge in [0.05, 0.1) is 6.61 Å². The van der Waals surface area contributed by atoms with Crippen molar-refractivity contribution >= 4 is 12.1 Å². The van der Waals surface area contributed by atoms with Gasteiger partial charge in [0.15, 0.2) is 0 Å². The minimum Gasteiger partial charge on any atom is -0.480 e. The average Bonchev–Trinajstić information content (AvgIpc) is 2.19. The van der Waals surface area contributed by atoms with Gasteiger partial charge in [-0.25, -0.2) is 9.59 Å². The fraction of sp³-hybridized carbons (Fsp3) is 0.800. The molecule has 0 aromatic rings. The second-order valence-electron chi connectivity index (χ2n) is 3.79. The molecule has 0 bridgehead atoms. The summed E-state index contributed by atoms with van der Waals surface area (Å²) >= 11 is 0. The first-order valence-corrected chi connectivity index (χ1v) is 5.29. The molecule has 1 amide bonds. The molecular formula is C10H17NO4. The minimum atomic E-state index is -1.11. The normalized spacial score (nSPS) is 19.3. The predicted molar refractivity (Wildman–Crippen MR) is 53.6 cm³/mol. The number of amides is 1. The molecule has 1 saturated carbocycles. The number of alkyl carbamates (subject to hydrolysis) is 1. The standard InChI is InChI=1S/C10H17NO4/c1-2-15-9(14)11-10(8(12)13)6-4-3-5-7-10/h2-7H2,1H3,(H,11,14)(H,12,13). The number of carbonyl (C=O) groups excluding carboxylic acids is 1. The Morgan fingerprint density at radius 2 is 1.93 bits per heavy atom. The van der Waals surface area contributed by atoms with Crippen LogP contribution in [0.5, 0.6) is 0 Å². The van der Waals surface area contributed by atoms with Crippen LogP contribution in [-0.4, -0.2) is 29.3 Å². The summed E-state index contributed by atoms with van der Waals surface area (Å²) in [5.74, 6) is -0.963. The molecule has 0 heterocycles. The fourth-order valence-corrected chi connectivity index (χ4v) is 1.91. The number of hydrogen-bond donors (Lipinski definition) is 2. The van der Waals surface area contributed by atoms with E-state index in [-0.39, 0.29) is 6.61 Å². The molecule has 1 aliphatic rings. The van der Waals surface area contributed by atoms with Crippen LogP contribution < -0.4 is 5.32 Å². The molecule has 5 heteroatoms. The molecule has 0 radical (unpaired) electrons. The quantitative estimate of drug-likeness (QED) is 0.748. The molecule has 15 heavy (non-hydrogen) atoms. The van der Waals surface area contributed by atoms with E-state index in [1.807, 2.05) is 0 Å². The largest absolute Gasteiger partial charge is 0.480 e. The van der Waals surface area contributed by atoms with E-state index < -0.39 is 17.6 Å². The van der Waals surface area contributed by atoms with Gasteiger partial charge in [0.1, 0.15) is 5.54 Å². The van der Waals surface area contributed by atoms with Crippen LogP contribution in [0, 0.1) is 0 Å². The molecule has 2 N–H and O–H groups in total. The van der Waals surface area contributed by atoms with Crippen molar-refractivity contribution in [1.82, 2.24) is 5.32 Å². The van der Waals surface area contributed by atoms with Gasteiger partial charge in [-0.3, -0.25) is 0 Å². The molecular weight excluding hydrogens is 198 g/mol.